The van der Waals surface area contributed by atoms with Crippen molar-refractivity contribution in [1.29, 1.82) is 0 Å². The summed E-state index contributed by atoms with van der Waals surface area (Å²) in [6.45, 7) is 0.348. The zero-order valence-electron chi connectivity index (χ0n) is 21.1. The van der Waals surface area contributed by atoms with Crippen LogP contribution in [0.2, 0.25) is 5.02 Å². The van der Waals surface area contributed by atoms with E-state index in [0.29, 0.717) is 27.4 Å². The van der Waals surface area contributed by atoms with Crippen molar-refractivity contribution in [2.75, 3.05) is 0 Å². The van der Waals surface area contributed by atoms with Gasteiger partial charge >= 0.3 is 0 Å². The third-order valence-corrected chi connectivity index (χ3v) is 8.43. The quantitative estimate of drug-likeness (QED) is 0.221. The number of hydrogen-bond donors (Lipinski definition) is 2. The molecular formula is C29H21ClFN3O5S2. The van der Waals surface area contributed by atoms with E-state index in [1.54, 1.807) is 42.5 Å². The van der Waals surface area contributed by atoms with E-state index >= 15 is 0 Å². The number of carbonyl (C=O) groups is 2. The molecule has 8 nitrogen and oxygen atoms in total. The molecule has 0 aliphatic rings. The van der Waals surface area contributed by atoms with Gasteiger partial charge in [0.15, 0.2) is 0 Å². The van der Waals surface area contributed by atoms with Crippen LogP contribution in [0.1, 0.15) is 31.3 Å². The summed E-state index contributed by atoms with van der Waals surface area (Å²) in [5.41, 5.74) is 1.79. The smallest absolute Gasteiger partial charge is 0.264 e. The predicted molar refractivity (Wildman–Crippen MR) is 154 cm³/mol. The van der Waals surface area contributed by atoms with Gasteiger partial charge in [-0.1, -0.05) is 35.9 Å². The fourth-order valence-electron chi connectivity index (χ4n) is 3.81. The van der Waals surface area contributed by atoms with Gasteiger partial charge < -0.3 is 10.1 Å². The van der Waals surface area contributed by atoms with Gasteiger partial charge in [0.25, 0.3) is 21.8 Å². The van der Waals surface area contributed by atoms with Crippen molar-refractivity contribution in [2.24, 2.45) is 0 Å². The van der Waals surface area contributed by atoms with E-state index in [1.807, 2.05) is 4.72 Å². The van der Waals surface area contributed by atoms with Crippen LogP contribution >= 0.6 is 22.9 Å². The number of hydrogen-bond acceptors (Lipinski definition) is 7. The number of carbonyl (C=O) groups excluding carboxylic acids is 2. The summed E-state index contributed by atoms with van der Waals surface area (Å²) in [4.78, 5) is 29.5. The van der Waals surface area contributed by atoms with Crippen molar-refractivity contribution in [2.45, 2.75) is 18.0 Å². The summed E-state index contributed by atoms with van der Waals surface area (Å²) in [6.07, 6.45) is 0. The van der Waals surface area contributed by atoms with Crippen molar-refractivity contribution >= 4 is 55.0 Å². The van der Waals surface area contributed by atoms with Gasteiger partial charge in [-0.2, -0.15) is 0 Å². The fraction of sp³-hybridized carbons (Fsp3) is 0.0690. The van der Waals surface area contributed by atoms with Gasteiger partial charge in [0.05, 0.1) is 15.1 Å². The Kier molecular flexibility index (Phi) is 8.29. The van der Waals surface area contributed by atoms with Gasteiger partial charge in [-0.3, -0.25) is 9.59 Å². The molecule has 41 heavy (non-hydrogen) atoms. The van der Waals surface area contributed by atoms with Gasteiger partial charge in [-0.25, -0.2) is 22.5 Å². The molecule has 0 aliphatic carbocycles. The van der Waals surface area contributed by atoms with E-state index in [-0.39, 0.29) is 40.4 Å². The molecule has 12 heteroatoms. The number of nitrogens with one attached hydrogen (secondary N) is 2. The van der Waals surface area contributed by atoms with Crippen LogP contribution in [-0.4, -0.2) is 25.2 Å². The average Bonchev–Trinajstić information content (AvgIpc) is 3.37. The number of rotatable bonds is 9. The lowest BCUT2D eigenvalue weighted by Gasteiger charge is -2.09. The van der Waals surface area contributed by atoms with Gasteiger partial charge in [0, 0.05) is 28.8 Å². The molecule has 0 saturated carbocycles. The Morgan fingerprint density at radius 2 is 1.68 bits per heavy atom. The molecule has 0 radical (unpaired) electrons. The van der Waals surface area contributed by atoms with Gasteiger partial charge in [-0.05, 0) is 66.2 Å². The molecule has 2 N–H and O–H groups in total. The number of sulfonamides is 1. The van der Waals surface area contributed by atoms with E-state index in [0.717, 1.165) is 4.70 Å². The molecule has 5 aromatic rings. The number of nitrogens with zero attached hydrogens (tertiary/aromatic N) is 1. The number of fused-ring (bicyclic) bond motifs is 1. The SMILES string of the molecule is O=C(NCc1ccc(C(=O)NS(=O)(=O)c2cccc(Cl)c2)cc1)c1cccc(OCc2nc3cc(F)ccc3s2)c1. The fourth-order valence-corrected chi connectivity index (χ4v) is 5.95. The Morgan fingerprint density at radius 3 is 2.46 bits per heavy atom. The molecular weight excluding hydrogens is 589 g/mol. The third kappa shape index (κ3) is 7.07. The second kappa shape index (κ2) is 12.0. The first-order valence-electron chi connectivity index (χ1n) is 12.1. The van der Waals surface area contributed by atoms with Gasteiger partial charge in [0.2, 0.25) is 0 Å². The molecule has 0 spiro atoms. The molecule has 0 unspecified atom stereocenters. The highest BCUT2D eigenvalue weighted by atomic mass is 35.5. The van der Waals surface area contributed by atoms with Gasteiger partial charge in [0.1, 0.15) is 23.2 Å². The van der Waals surface area contributed by atoms with Crippen LogP contribution in [0.25, 0.3) is 10.2 Å². The molecule has 0 bridgehead atoms. The summed E-state index contributed by atoms with van der Waals surface area (Å²) in [6, 6.07) is 22.9. The molecule has 5 rings (SSSR count). The third-order valence-electron chi connectivity index (χ3n) is 5.86. The highest BCUT2D eigenvalue weighted by Gasteiger charge is 2.19. The first-order valence-corrected chi connectivity index (χ1v) is 14.8. The number of ether oxygens (including phenoxy) is 1. The molecule has 1 heterocycles. The summed E-state index contributed by atoms with van der Waals surface area (Å²) in [7, 11) is -4.09. The van der Waals surface area contributed by atoms with Crippen LogP contribution in [0.15, 0.2) is 95.9 Å². The second-order valence-corrected chi connectivity index (χ2v) is 12.0. The topological polar surface area (TPSA) is 114 Å². The summed E-state index contributed by atoms with van der Waals surface area (Å²) >= 11 is 7.25. The molecule has 1 aromatic heterocycles. The van der Waals surface area contributed by atoms with E-state index in [2.05, 4.69) is 10.3 Å². The Balaban J connectivity index is 1.15. The van der Waals surface area contributed by atoms with Crippen LogP contribution in [-0.2, 0) is 23.2 Å². The average molecular weight is 610 g/mol. The predicted octanol–water partition coefficient (Wildman–Crippen LogP) is 5.72. The first kappa shape index (κ1) is 28.2. The molecule has 208 valence electrons. The monoisotopic (exact) mass is 609 g/mol. The largest absolute Gasteiger partial charge is 0.486 e. The molecule has 0 aliphatic heterocycles. The highest BCUT2D eigenvalue weighted by Crippen LogP contribution is 2.24. The lowest BCUT2D eigenvalue weighted by atomic mass is 10.1. The summed E-state index contributed by atoms with van der Waals surface area (Å²) < 4.78 is 47.0. The van der Waals surface area contributed by atoms with Crippen molar-refractivity contribution < 1.29 is 27.1 Å². The van der Waals surface area contributed by atoms with Crippen LogP contribution in [0.4, 0.5) is 4.39 Å². The molecule has 2 amide bonds. The Bertz CT molecular complexity index is 1860. The second-order valence-electron chi connectivity index (χ2n) is 8.81. The lowest BCUT2D eigenvalue weighted by Crippen LogP contribution is -2.30. The molecule has 0 atom stereocenters. The van der Waals surface area contributed by atoms with Crippen molar-refractivity contribution in [1.82, 2.24) is 15.0 Å². The normalized spacial score (nSPS) is 11.3. The zero-order valence-corrected chi connectivity index (χ0v) is 23.5. The minimum absolute atomic E-state index is 0.124. The summed E-state index contributed by atoms with van der Waals surface area (Å²) in [5.74, 6) is -1.00. The number of aromatic nitrogens is 1. The van der Waals surface area contributed by atoms with E-state index in [4.69, 9.17) is 16.3 Å². The van der Waals surface area contributed by atoms with Crippen LogP contribution in [0.5, 0.6) is 5.75 Å². The highest BCUT2D eigenvalue weighted by molar-refractivity contribution is 7.90. The Labute approximate surface area is 243 Å². The van der Waals surface area contributed by atoms with E-state index < -0.39 is 15.9 Å². The Hall–Kier alpha value is -4.32. The van der Waals surface area contributed by atoms with Crippen molar-refractivity contribution in [3.05, 3.63) is 124 Å². The zero-order chi connectivity index (χ0) is 29.0. The van der Waals surface area contributed by atoms with Crippen LogP contribution in [0.3, 0.4) is 0 Å². The number of benzene rings is 4. The number of amides is 2. The standard InChI is InChI=1S/C29H21ClFN3O5S2/c30-21-4-2-6-24(14-21)41(37,38)34-29(36)19-9-7-18(8-10-19)16-32-28(35)20-3-1-5-23(13-20)39-17-27-33-25-15-22(31)11-12-26(25)40-27/h1-15H,16-17H2,(H,32,35)(H,34,36). The lowest BCUT2D eigenvalue weighted by molar-refractivity contribution is 0.0947. The van der Waals surface area contributed by atoms with Crippen LogP contribution < -0.4 is 14.8 Å². The minimum atomic E-state index is -4.09. The maximum atomic E-state index is 13.4. The molecule has 0 fully saturated rings. The minimum Gasteiger partial charge on any atom is -0.486 e. The van der Waals surface area contributed by atoms with E-state index in [1.165, 1.54) is 59.9 Å². The van der Waals surface area contributed by atoms with Crippen molar-refractivity contribution in [3.8, 4) is 5.75 Å². The maximum absolute atomic E-state index is 13.4. The number of halogens is 2. The maximum Gasteiger partial charge on any atom is 0.264 e. The van der Waals surface area contributed by atoms with Crippen molar-refractivity contribution in [3.63, 3.8) is 0 Å². The van der Waals surface area contributed by atoms with Gasteiger partial charge in [-0.15, -0.1) is 11.3 Å². The Morgan fingerprint density at radius 1 is 0.902 bits per heavy atom. The summed E-state index contributed by atoms with van der Waals surface area (Å²) in [5, 5.41) is 3.71. The molecule has 4 aromatic carbocycles. The van der Waals surface area contributed by atoms with E-state index in [9.17, 15) is 22.4 Å². The molecule has 0 saturated heterocycles. The first-order chi connectivity index (χ1) is 19.7. The number of thiazole rings is 1. The van der Waals surface area contributed by atoms with Crippen LogP contribution in [0, 0.1) is 5.82 Å².